The van der Waals surface area contributed by atoms with Crippen molar-refractivity contribution in [1.29, 1.82) is 0 Å². The van der Waals surface area contributed by atoms with Gasteiger partial charge < -0.3 is 24.1 Å². The molecule has 0 aromatic carbocycles. The van der Waals surface area contributed by atoms with Crippen LogP contribution in [0.5, 0.6) is 0 Å². The van der Waals surface area contributed by atoms with Gasteiger partial charge in [0, 0.05) is 18.9 Å². The molecule has 0 bridgehead atoms. The predicted molar refractivity (Wildman–Crippen MR) is 105 cm³/mol. The smallest absolute Gasteiger partial charge is 0.341 e. The van der Waals surface area contributed by atoms with Crippen molar-refractivity contribution in [1.82, 2.24) is 0 Å². The van der Waals surface area contributed by atoms with Crippen molar-refractivity contribution >= 4 is 17.9 Å². The number of hydrogen-bond donors (Lipinski definition) is 1. The van der Waals surface area contributed by atoms with Crippen molar-refractivity contribution in [3.63, 3.8) is 0 Å². The van der Waals surface area contributed by atoms with Crippen molar-refractivity contribution in [2.45, 2.75) is 77.2 Å². The summed E-state index contributed by atoms with van der Waals surface area (Å²) in [6, 6.07) is 0. The van der Waals surface area contributed by atoms with E-state index < -0.39 is 53.8 Å². The maximum absolute atomic E-state index is 12.7. The number of carbonyl (C=O) groups excluding carboxylic acids is 3. The number of rotatable bonds is 3. The average molecular weight is 420 g/mol. The lowest BCUT2D eigenvalue weighted by Crippen LogP contribution is -2.44. The Morgan fingerprint density at radius 3 is 2.47 bits per heavy atom. The monoisotopic (exact) mass is 420 g/mol. The summed E-state index contributed by atoms with van der Waals surface area (Å²) < 4.78 is 21.8. The predicted octanol–water partition coefficient (Wildman–Crippen LogP) is 1.76. The molecule has 2 heterocycles. The summed E-state index contributed by atoms with van der Waals surface area (Å²) in [5, 5.41) is 11.2. The molecule has 0 radical (unpaired) electrons. The second-order valence-corrected chi connectivity index (χ2v) is 8.30. The van der Waals surface area contributed by atoms with Gasteiger partial charge in [0.25, 0.3) is 0 Å². The van der Waals surface area contributed by atoms with Crippen LogP contribution < -0.4 is 0 Å². The third kappa shape index (κ3) is 4.06. The Morgan fingerprint density at radius 1 is 1.27 bits per heavy atom. The SMILES string of the molecule is C=C1C(=O)O[C@@H]2/C=C(/C)[C@@H](OC(C)=O)C/C=C(/C)[C@@H](OC(=O)[C@]3(C)O[C@@H]3C)[C@H](O)[C@@H]12. The third-order valence-corrected chi connectivity index (χ3v) is 6.07. The fourth-order valence-corrected chi connectivity index (χ4v) is 3.85. The van der Waals surface area contributed by atoms with Gasteiger partial charge in [-0.05, 0) is 44.9 Å². The quantitative estimate of drug-likeness (QED) is 0.242. The van der Waals surface area contributed by atoms with E-state index in [0.29, 0.717) is 17.6 Å². The highest BCUT2D eigenvalue weighted by atomic mass is 16.7. The molecule has 8 nitrogen and oxygen atoms in total. The fraction of sp³-hybridized carbons (Fsp3) is 0.591. The lowest BCUT2D eigenvalue weighted by molar-refractivity contribution is -0.160. The molecule has 1 aliphatic carbocycles. The standard InChI is InChI=1S/C22H28O8/c1-10-7-8-15(27-14(5)23)11(2)9-16-17(12(3)20(25)28-16)18(24)19(10)29-21(26)22(6)13(4)30-22/h7,9,13,15-19,24H,3,8H2,1-2,4-6H3/b10-7-,11-9-/t13-,15+,16-,17+,18-,19-,22-/m1/s1. The van der Waals surface area contributed by atoms with Crippen molar-refractivity contribution in [3.05, 3.63) is 35.5 Å². The summed E-state index contributed by atoms with van der Waals surface area (Å²) in [6.07, 6.45) is -0.284. The van der Waals surface area contributed by atoms with E-state index in [1.807, 2.05) is 0 Å². The molecule has 0 aromatic rings. The van der Waals surface area contributed by atoms with Crippen LogP contribution in [0.4, 0.5) is 0 Å². The molecule has 2 fully saturated rings. The van der Waals surface area contributed by atoms with Gasteiger partial charge >= 0.3 is 17.9 Å². The molecule has 0 spiro atoms. The van der Waals surface area contributed by atoms with Crippen LogP contribution in [0.2, 0.25) is 0 Å². The number of epoxide rings is 1. The van der Waals surface area contributed by atoms with Gasteiger partial charge in [0.05, 0.1) is 12.0 Å². The molecule has 2 aliphatic heterocycles. The molecule has 0 amide bonds. The first kappa shape index (κ1) is 22.2. The van der Waals surface area contributed by atoms with Gasteiger partial charge in [-0.3, -0.25) is 4.79 Å². The number of ether oxygens (including phenoxy) is 4. The van der Waals surface area contributed by atoms with Gasteiger partial charge in [0.1, 0.15) is 24.4 Å². The van der Waals surface area contributed by atoms with Gasteiger partial charge in [-0.15, -0.1) is 0 Å². The Morgan fingerprint density at radius 2 is 1.90 bits per heavy atom. The molecule has 1 N–H and O–H groups in total. The van der Waals surface area contributed by atoms with E-state index in [9.17, 15) is 19.5 Å². The molecular formula is C22H28O8. The van der Waals surface area contributed by atoms with Crippen molar-refractivity contribution in [3.8, 4) is 0 Å². The van der Waals surface area contributed by atoms with Gasteiger partial charge in [-0.1, -0.05) is 12.7 Å². The molecule has 30 heavy (non-hydrogen) atoms. The first-order valence-electron chi connectivity index (χ1n) is 9.94. The zero-order valence-electron chi connectivity index (χ0n) is 17.8. The zero-order valence-corrected chi connectivity index (χ0v) is 17.8. The summed E-state index contributed by atoms with van der Waals surface area (Å²) in [5.41, 5.74) is 0.273. The van der Waals surface area contributed by atoms with E-state index >= 15 is 0 Å². The van der Waals surface area contributed by atoms with Crippen molar-refractivity contribution in [2.75, 3.05) is 0 Å². The largest absolute Gasteiger partial charge is 0.458 e. The molecular weight excluding hydrogens is 392 g/mol. The highest BCUT2D eigenvalue weighted by molar-refractivity contribution is 5.91. The number of hydrogen-bond acceptors (Lipinski definition) is 8. The topological polar surface area (TPSA) is 112 Å². The number of carbonyl (C=O) groups is 3. The van der Waals surface area contributed by atoms with Crippen molar-refractivity contribution < 1.29 is 38.4 Å². The van der Waals surface area contributed by atoms with E-state index in [1.165, 1.54) is 6.92 Å². The highest BCUT2D eigenvalue weighted by Gasteiger charge is 2.58. The average Bonchev–Trinajstić information content (AvgIpc) is 3.18. The van der Waals surface area contributed by atoms with Gasteiger partial charge in [-0.25, -0.2) is 9.59 Å². The molecule has 8 heteroatoms. The summed E-state index contributed by atoms with van der Waals surface area (Å²) >= 11 is 0. The molecule has 3 rings (SSSR count). The third-order valence-electron chi connectivity index (χ3n) is 6.07. The summed E-state index contributed by atoms with van der Waals surface area (Å²) in [6.45, 7) is 11.9. The Balaban J connectivity index is 1.98. The van der Waals surface area contributed by atoms with E-state index in [0.717, 1.165) is 0 Å². The van der Waals surface area contributed by atoms with Crippen LogP contribution in [-0.2, 0) is 33.3 Å². The minimum atomic E-state index is -1.26. The number of esters is 3. The number of aliphatic hydroxyl groups excluding tert-OH is 1. The van der Waals surface area contributed by atoms with E-state index in [2.05, 4.69) is 6.58 Å². The maximum Gasteiger partial charge on any atom is 0.341 e. The Labute approximate surface area is 175 Å². The first-order chi connectivity index (χ1) is 14.0. The number of aliphatic hydroxyl groups is 1. The highest BCUT2D eigenvalue weighted by Crippen LogP contribution is 2.40. The molecule has 0 unspecified atom stereocenters. The summed E-state index contributed by atoms with van der Waals surface area (Å²) in [5.74, 6) is -2.50. The van der Waals surface area contributed by atoms with Crippen LogP contribution in [0.3, 0.4) is 0 Å². The number of fused-ring (bicyclic) bond motifs is 1. The summed E-state index contributed by atoms with van der Waals surface area (Å²) in [4.78, 5) is 36.4. The Bertz CT molecular complexity index is 840. The van der Waals surface area contributed by atoms with Crippen LogP contribution in [0, 0.1) is 5.92 Å². The van der Waals surface area contributed by atoms with Crippen LogP contribution >= 0.6 is 0 Å². The normalized spacial score (nSPS) is 42.1. The van der Waals surface area contributed by atoms with E-state index in [4.69, 9.17) is 18.9 Å². The molecule has 164 valence electrons. The van der Waals surface area contributed by atoms with Gasteiger partial charge in [0.15, 0.2) is 5.60 Å². The first-order valence-corrected chi connectivity index (χ1v) is 9.94. The van der Waals surface area contributed by atoms with Crippen LogP contribution in [0.25, 0.3) is 0 Å². The molecule has 0 aromatic heterocycles. The second kappa shape index (κ2) is 8.00. The minimum Gasteiger partial charge on any atom is -0.458 e. The molecule has 0 saturated carbocycles. The summed E-state index contributed by atoms with van der Waals surface area (Å²) in [7, 11) is 0. The Hall–Kier alpha value is -2.45. The van der Waals surface area contributed by atoms with Crippen LogP contribution in [-0.4, -0.2) is 59.1 Å². The van der Waals surface area contributed by atoms with Crippen LogP contribution in [0.1, 0.15) is 41.0 Å². The fourth-order valence-electron chi connectivity index (χ4n) is 3.85. The Kier molecular flexibility index (Phi) is 5.93. The minimum absolute atomic E-state index is 0.0947. The van der Waals surface area contributed by atoms with Crippen LogP contribution in [0.15, 0.2) is 35.5 Å². The zero-order chi connectivity index (χ0) is 22.4. The van der Waals surface area contributed by atoms with E-state index in [1.54, 1.807) is 39.8 Å². The second-order valence-electron chi connectivity index (χ2n) is 8.30. The molecule has 2 saturated heterocycles. The molecule has 7 atom stereocenters. The lowest BCUT2D eigenvalue weighted by atomic mass is 9.83. The lowest BCUT2D eigenvalue weighted by Gasteiger charge is -2.31. The van der Waals surface area contributed by atoms with Crippen molar-refractivity contribution in [2.24, 2.45) is 5.92 Å². The maximum atomic E-state index is 12.7. The van der Waals surface area contributed by atoms with E-state index in [-0.39, 0.29) is 11.7 Å². The van der Waals surface area contributed by atoms with Gasteiger partial charge in [0.2, 0.25) is 0 Å². The van der Waals surface area contributed by atoms with Gasteiger partial charge in [-0.2, -0.15) is 0 Å². The molecule has 3 aliphatic rings.